The normalized spacial score (nSPS) is 11.3. The van der Waals surface area contributed by atoms with E-state index in [1.54, 1.807) is 24.3 Å². The van der Waals surface area contributed by atoms with Crippen molar-refractivity contribution in [1.82, 2.24) is 10.2 Å². The second-order valence-corrected chi connectivity index (χ2v) is 8.04. The van der Waals surface area contributed by atoms with Gasteiger partial charge in [0, 0.05) is 35.2 Å². The quantitative estimate of drug-likeness (QED) is 0.639. The average Bonchev–Trinajstić information content (AvgIpc) is 3.24. The molecule has 0 aliphatic carbocycles. The number of amides is 1. The first-order valence-corrected chi connectivity index (χ1v) is 10.5. The number of aromatic nitrogens is 2. The van der Waals surface area contributed by atoms with Crippen molar-refractivity contribution < 1.29 is 17.6 Å². The van der Waals surface area contributed by atoms with E-state index in [2.05, 4.69) is 20.2 Å². The van der Waals surface area contributed by atoms with Crippen LogP contribution in [0.15, 0.2) is 45.5 Å². The molecule has 1 aromatic carbocycles. The van der Waals surface area contributed by atoms with Gasteiger partial charge in [-0.15, -0.1) is 10.2 Å². The summed E-state index contributed by atoms with van der Waals surface area (Å²) in [6.45, 7) is 0. The van der Waals surface area contributed by atoms with Crippen LogP contribution in [0.25, 0.3) is 11.5 Å². The molecular weight excluding hydrogens is 376 g/mol. The molecule has 10 heteroatoms. The number of thiophene rings is 1. The molecule has 0 radical (unpaired) electrons. The van der Waals surface area contributed by atoms with E-state index in [4.69, 9.17) is 4.42 Å². The highest BCUT2D eigenvalue weighted by atomic mass is 32.2. The summed E-state index contributed by atoms with van der Waals surface area (Å²) in [5.41, 5.74) is 1.86. The van der Waals surface area contributed by atoms with E-state index in [1.807, 2.05) is 16.8 Å². The lowest BCUT2D eigenvalue weighted by atomic mass is 10.2. The van der Waals surface area contributed by atoms with Gasteiger partial charge >= 0.3 is 0 Å². The average molecular weight is 392 g/mol. The minimum absolute atomic E-state index is 0.189. The van der Waals surface area contributed by atoms with Crippen molar-refractivity contribution in [2.24, 2.45) is 0 Å². The lowest BCUT2D eigenvalue weighted by Crippen LogP contribution is -2.13. The fourth-order valence-corrected chi connectivity index (χ4v) is 3.33. The maximum absolute atomic E-state index is 12.0. The first-order valence-electron chi connectivity index (χ1n) is 7.62. The van der Waals surface area contributed by atoms with E-state index >= 15 is 0 Å². The van der Waals surface area contributed by atoms with Gasteiger partial charge in [0.25, 0.3) is 0 Å². The first kappa shape index (κ1) is 18.1. The number of hydrogen-bond donors (Lipinski definition) is 2. The van der Waals surface area contributed by atoms with E-state index in [1.165, 1.54) is 11.3 Å². The van der Waals surface area contributed by atoms with Gasteiger partial charge in [0.1, 0.15) is 0 Å². The van der Waals surface area contributed by atoms with Crippen LogP contribution in [0, 0.1) is 0 Å². The van der Waals surface area contributed by atoms with Crippen LogP contribution in [-0.4, -0.2) is 30.8 Å². The topological polar surface area (TPSA) is 114 Å². The van der Waals surface area contributed by atoms with Crippen molar-refractivity contribution in [2.75, 3.05) is 16.3 Å². The Morgan fingerprint density at radius 3 is 2.54 bits per heavy atom. The van der Waals surface area contributed by atoms with Crippen molar-refractivity contribution >= 4 is 38.6 Å². The number of aryl methyl sites for hydroxylation is 1. The van der Waals surface area contributed by atoms with Crippen LogP contribution in [0.4, 0.5) is 11.4 Å². The third kappa shape index (κ3) is 5.14. The van der Waals surface area contributed by atoms with Gasteiger partial charge in [0.05, 0.1) is 6.26 Å². The first-order chi connectivity index (χ1) is 12.4. The van der Waals surface area contributed by atoms with Gasteiger partial charge in [-0.25, -0.2) is 8.42 Å². The molecule has 1 amide bonds. The van der Waals surface area contributed by atoms with Crippen LogP contribution in [-0.2, 0) is 21.2 Å². The van der Waals surface area contributed by atoms with Crippen LogP contribution in [0.5, 0.6) is 0 Å². The molecular formula is C16H16N4O4S2. The number of nitrogens with one attached hydrogen (secondary N) is 2. The highest BCUT2D eigenvalue weighted by Gasteiger charge is 2.11. The summed E-state index contributed by atoms with van der Waals surface area (Å²) >= 11 is 1.54. The van der Waals surface area contributed by atoms with Crippen molar-refractivity contribution in [1.29, 1.82) is 0 Å². The molecule has 0 bridgehead atoms. The molecule has 0 aliphatic heterocycles. The Morgan fingerprint density at radius 2 is 1.88 bits per heavy atom. The van der Waals surface area contributed by atoms with Crippen LogP contribution < -0.4 is 10.0 Å². The van der Waals surface area contributed by atoms with Crippen LogP contribution >= 0.6 is 11.3 Å². The molecule has 0 fully saturated rings. The molecule has 0 atom stereocenters. The highest BCUT2D eigenvalue weighted by molar-refractivity contribution is 7.92. The van der Waals surface area contributed by atoms with Gasteiger partial charge in [-0.05, 0) is 35.7 Å². The Kier molecular flexibility index (Phi) is 5.33. The predicted octanol–water partition coefficient (Wildman–Crippen LogP) is 2.74. The van der Waals surface area contributed by atoms with E-state index in [0.717, 1.165) is 11.8 Å². The summed E-state index contributed by atoms with van der Waals surface area (Å²) in [5.74, 6) is 0.633. The number of benzene rings is 1. The zero-order valence-corrected chi connectivity index (χ0v) is 15.4. The number of anilines is 2. The maximum atomic E-state index is 12.0. The van der Waals surface area contributed by atoms with Crippen LogP contribution in [0.1, 0.15) is 12.3 Å². The zero-order chi connectivity index (χ0) is 18.6. The van der Waals surface area contributed by atoms with Gasteiger partial charge in [-0.3, -0.25) is 9.52 Å². The number of hydrogen-bond acceptors (Lipinski definition) is 7. The van der Waals surface area contributed by atoms with Gasteiger partial charge in [-0.1, -0.05) is 0 Å². The zero-order valence-electron chi connectivity index (χ0n) is 13.8. The van der Waals surface area contributed by atoms with Crippen molar-refractivity contribution in [3.8, 4) is 11.5 Å². The monoisotopic (exact) mass is 392 g/mol. The van der Waals surface area contributed by atoms with Gasteiger partial charge in [-0.2, -0.15) is 11.3 Å². The maximum Gasteiger partial charge on any atom is 0.248 e. The van der Waals surface area contributed by atoms with Crippen molar-refractivity contribution in [3.05, 3.63) is 47.0 Å². The largest absolute Gasteiger partial charge is 0.421 e. The van der Waals surface area contributed by atoms with E-state index in [-0.39, 0.29) is 12.3 Å². The summed E-state index contributed by atoms with van der Waals surface area (Å²) < 4.78 is 30.2. The standard InChI is InChI=1S/C16H16N4O4S2/c1-26(22,23)20-13-4-2-12(3-5-13)17-14(21)6-7-15-18-19-16(24-15)11-8-9-25-10-11/h2-5,8-10,20H,6-7H2,1H3,(H,17,21). The predicted molar refractivity (Wildman–Crippen MR) is 99.5 cm³/mol. The lowest BCUT2D eigenvalue weighted by Gasteiger charge is -2.07. The Morgan fingerprint density at radius 1 is 1.15 bits per heavy atom. The number of nitrogens with zero attached hydrogens (tertiary/aromatic N) is 2. The third-order valence-electron chi connectivity index (χ3n) is 3.27. The molecule has 0 saturated carbocycles. The fourth-order valence-electron chi connectivity index (χ4n) is 2.14. The molecule has 2 N–H and O–H groups in total. The smallest absolute Gasteiger partial charge is 0.248 e. The fraction of sp³-hybridized carbons (Fsp3) is 0.188. The van der Waals surface area contributed by atoms with E-state index < -0.39 is 10.0 Å². The molecule has 136 valence electrons. The number of carbonyl (C=O) groups is 1. The molecule has 0 unspecified atom stereocenters. The summed E-state index contributed by atoms with van der Waals surface area (Å²) in [6, 6.07) is 8.26. The number of rotatable bonds is 7. The molecule has 3 rings (SSSR count). The second kappa shape index (κ2) is 7.67. The lowest BCUT2D eigenvalue weighted by molar-refractivity contribution is -0.116. The molecule has 0 saturated heterocycles. The summed E-state index contributed by atoms with van der Waals surface area (Å²) in [6.07, 6.45) is 1.59. The van der Waals surface area contributed by atoms with Gasteiger partial charge < -0.3 is 9.73 Å². The Hall–Kier alpha value is -2.72. The molecule has 26 heavy (non-hydrogen) atoms. The molecule has 2 aromatic heterocycles. The SMILES string of the molecule is CS(=O)(=O)Nc1ccc(NC(=O)CCc2nnc(-c3ccsc3)o2)cc1. The second-order valence-electron chi connectivity index (χ2n) is 5.51. The van der Waals surface area contributed by atoms with Crippen molar-refractivity contribution in [3.63, 3.8) is 0 Å². The van der Waals surface area contributed by atoms with Crippen LogP contribution in [0.3, 0.4) is 0 Å². The van der Waals surface area contributed by atoms with E-state index in [9.17, 15) is 13.2 Å². The third-order valence-corrected chi connectivity index (χ3v) is 4.56. The summed E-state index contributed by atoms with van der Waals surface area (Å²) in [5, 5.41) is 14.5. The van der Waals surface area contributed by atoms with Gasteiger partial charge in [0.2, 0.25) is 27.7 Å². The minimum Gasteiger partial charge on any atom is -0.421 e. The molecule has 8 nitrogen and oxygen atoms in total. The van der Waals surface area contributed by atoms with Crippen molar-refractivity contribution in [2.45, 2.75) is 12.8 Å². The summed E-state index contributed by atoms with van der Waals surface area (Å²) in [4.78, 5) is 12.0. The minimum atomic E-state index is -3.33. The highest BCUT2D eigenvalue weighted by Crippen LogP contribution is 2.21. The Balaban J connectivity index is 1.51. The molecule has 3 aromatic rings. The number of carbonyl (C=O) groups excluding carboxylic acids is 1. The molecule has 2 heterocycles. The number of sulfonamides is 1. The van der Waals surface area contributed by atoms with E-state index in [0.29, 0.717) is 29.6 Å². The molecule has 0 spiro atoms. The summed E-state index contributed by atoms with van der Waals surface area (Å²) in [7, 11) is -3.33. The Labute approximate surface area is 154 Å². The van der Waals surface area contributed by atoms with Gasteiger partial charge in [0.15, 0.2) is 0 Å². The van der Waals surface area contributed by atoms with Crippen LogP contribution in [0.2, 0.25) is 0 Å². The molecule has 0 aliphatic rings. The Bertz CT molecular complexity index is 980.